The number of rotatable bonds is 6. The molecular weight excluding hydrogens is 560 g/mol. The Balaban J connectivity index is 1.21. The maximum absolute atomic E-state index is 13.9. The molecule has 0 unspecified atom stereocenters. The number of pyridine rings is 1. The van der Waals surface area contributed by atoms with Crippen molar-refractivity contribution in [3.8, 4) is 11.5 Å². The first-order valence-electron chi connectivity index (χ1n) is 13.1. The Morgan fingerprint density at radius 1 is 1.00 bits per heavy atom. The third-order valence-electron chi connectivity index (χ3n) is 7.17. The fraction of sp³-hybridized carbons (Fsp3) is 0.167. The van der Waals surface area contributed by atoms with Gasteiger partial charge in [-0.05, 0) is 60.4 Å². The molecule has 0 radical (unpaired) electrons. The number of fused-ring (bicyclic) bond motifs is 3. The van der Waals surface area contributed by atoms with Crippen LogP contribution in [0.15, 0.2) is 90.1 Å². The van der Waals surface area contributed by atoms with Crippen LogP contribution >= 0.6 is 11.3 Å². The van der Waals surface area contributed by atoms with Gasteiger partial charge in [-0.15, -0.1) is 0 Å². The van der Waals surface area contributed by atoms with E-state index in [4.69, 9.17) is 14.5 Å². The maximum atomic E-state index is 13.9. The minimum absolute atomic E-state index is 0.138. The van der Waals surface area contributed by atoms with Crippen molar-refractivity contribution >= 4 is 48.3 Å². The summed E-state index contributed by atoms with van der Waals surface area (Å²) in [5, 5.41) is 0.499. The summed E-state index contributed by atoms with van der Waals surface area (Å²) in [6.07, 6.45) is 4.97. The van der Waals surface area contributed by atoms with Crippen molar-refractivity contribution in [1.82, 2.24) is 9.97 Å². The number of aryl methyl sites for hydroxylation is 1. The number of sulfonamides is 1. The van der Waals surface area contributed by atoms with Crippen LogP contribution in [0.25, 0.3) is 10.2 Å². The molecular formula is C30H24N4O5S2. The molecule has 206 valence electrons. The van der Waals surface area contributed by atoms with Crippen LogP contribution in [0.3, 0.4) is 0 Å². The number of benzene rings is 3. The number of nitrogens with zero attached hydrogens (tertiary/aromatic N) is 4. The molecule has 0 saturated heterocycles. The third kappa shape index (κ3) is 4.66. The van der Waals surface area contributed by atoms with Gasteiger partial charge in [0.1, 0.15) is 0 Å². The Labute approximate surface area is 240 Å². The summed E-state index contributed by atoms with van der Waals surface area (Å²) in [6.45, 7) is 0.820. The second-order valence-electron chi connectivity index (χ2n) is 9.76. The van der Waals surface area contributed by atoms with Crippen molar-refractivity contribution in [3.63, 3.8) is 0 Å². The number of carbonyl (C=O) groups excluding carboxylic acids is 1. The van der Waals surface area contributed by atoms with Crippen LogP contribution in [-0.4, -0.2) is 37.6 Å². The van der Waals surface area contributed by atoms with Gasteiger partial charge in [0.05, 0.1) is 27.3 Å². The zero-order valence-electron chi connectivity index (χ0n) is 21.8. The van der Waals surface area contributed by atoms with Crippen LogP contribution < -0.4 is 18.7 Å². The van der Waals surface area contributed by atoms with Gasteiger partial charge in [-0.25, -0.2) is 13.4 Å². The van der Waals surface area contributed by atoms with Gasteiger partial charge in [-0.2, -0.15) is 0 Å². The lowest BCUT2D eigenvalue weighted by molar-refractivity contribution is 0.0985. The summed E-state index contributed by atoms with van der Waals surface area (Å²) in [5.41, 5.74) is 3.59. The molecule has 0 bridgehead atoms. The second-order valence-corrected chi connectivity index (χ2v) is 12.6. The molecule has 2 aliphatic rings. The molecule has 0 saturated carbocycles. The van der Waals surface area contributed by atoms with Crippen LogP contribution in [-0.2, 0) is 23.0 Å². The third-order valence-corrected chi connectivity index (χ3v) is 10.0. The van der Waals surface area contributed by atoms with E-state index < -0.39 is 10.0 Å². The predicted octanol–water partition coefficient (Wildman–Crippen LogP) is 5.41. The molecule has 41 heavy (non-hydrogen) atoms. The summed E-state index contributed by atoms with van der Waals surface area (Å²) < 4.78 is 40.5. The number of para-hydroxylation sites is 1. The molecule has 9 nitrogen and oxygen atoms in total. The first-order valence-corrected chi connectivity index (χ1v) is 15.3. The van der Waals surface area contributed by atoms with E-state index in [1.54, 1.807) is 29.4 Å². The van der Waals surface area contributed by atoms with Crippen LogP contribution in [0.1, 0.15) is 27.9 Å². The number of thiazole rings is 1. The van der Waals surface area contributed by atoms with Crippen LogP contribution in [0.5, 0.6) is 11.5 Å². The maximum Gasteiger partial charge on any atom is 0.264 e. The van der Waals surface area contributed by atoms with Gasteiger partial charge in [0.2, 0.25) is 6.79 Å². The average Bonchev–Trinajstić information content (AvgIpc) is 3.64. The molecule has 0 aliphatic carbocycles. The van der Waals surface area contributed by atoms with E-state index in [-0.39, 0.29) is 24.1 Å². The highest BCUT2D eigenvalue weighted by molar-refractivity contribution is 7.92. The van der Waals surface area contributed by atoms with Crippen LogP contribution in [0.2, 0.25) is 0 Å². The molecule has 7 rings (SSSR count). The largest absolute Gasteiger partial charge is 0.454 e. The van der Waals surface area contributed by atoms with E-state index in [9.17, 15) is 13.2 Å². The molecule has 11 heteroatoms. The van der Waals surface area contributed by atoms with Gasteiger partial charge >= 0.3 is 0 Å². The summed E-state index contributed by atoms with van der Waals surface area (Å²) in [5.74, 6) is 0.957. The van der Waals surface area contributed by atoms with Crippen LogP contribution in [0, 0.1) is 0 Å². The van der Waals surface area contributed by atoms with Crippen molar-refractivity contribution in [3.05, 3.63) is 102 Å². The average molecular weight is 585 g/mol. The van der Waals surface area contributed by atoms with E-state index in [1.807, 2.05) is 48.5 Å². The number of amides is 1. The molecule has 2 aromatic heterocycles. The number of hydrogen-bond acceptors (Lipinski definition) is 8. The Bertz CT molecular complexity index is 1830. The lowest BCUT2D eigenvalue weighted by Crippen LogP contribution is -2.35. The monoisotopic (exact) mass is 584 g/mol. The van der Waals surface area contributed by atoms with Gasteiger partial charge in [-0.3, -0.25) is 19.0 Å². The number of hydrogen-bond donors (Lipinski definition) is 0. The van der Waals surface area contributed by atoms with E-state index in [0.717, 1.165) is 28.7 Å². The highest BCUT2D eigenvalue weighted by Crippen LogP contribution is 2.40. The van der Waals surface area contributed by atoms with E-state index in [0.29, 0.717) is 39.9 Å². The highest BCUT2D eigenvalue weighted by Gasteiger charge is 2.30. The summed E-state index contributed by atoms with van der Waals surface area (Å²) in [6, 6.07) is 21.1. The first kappa shape index (κ1) is 25.5. The molecule has 1 amide bonds. The Kier molecular flexibility index (Phi) is 6.32. The van der Waals surface area contributed by atoms with E-state index in [1.165, 1.54) is 27.8 Å². The molecule has 0 N–H and O–H groups in total. The summed E-state index contributed by atoms with van der Waals surface area (Å²) >= 11 is 1.37. The van der Waals surface area contributed by atoms with Gasteiger partial charge in [-0.1, -0.05) is 35.6 Å². The van der Waals surface area contributed by atoms with Gasteiger partial charge < -0.3 is 9.47 Å². The van der Waals surface area contributed by atoms with Crippen molar-refractivity contribution in [2.24, 2.45) is 0 Å². The lowest BCUT2D eigenvalue weighted by atomic mass is 10.0. The zero-order chi connectivity index (χ0) is 28.0. The lowest BCUT2D eigenvalue weighted by Gasteiger charge is -2.30. The SMILES string of the molecule is O=C(c1ccc(S(=O)(=O)N2CCCc3ccccc32)cc1)N(Cc1cccnc1)c1nc2cc3c(cc2s1)OCO3. The van der Waals surface area contributed by atoms with E-state index >= 15 is 0 Å². The number of ether oxygens (including phenoxy) is 2. The number of aromatic nitrogens is 2. The normalized spacial score (nSPS) is 14.2. The Morgan fingerprint density at radius 2 is 1.80 bits per heavy atom. The second kappa shape index (κ2) is 10.2. The molecule has 2 aliphatic heterocycles. The Hall–Kier alpha value is -4.48. The zero-order valence-corrected chi connectivity index (χ0v) is 23.4. The van der Waals surface area contributed by atoms with Crippen molar-refractivity contribution in [1.29, 1.82) is 0 Å². The summed E-state index contributed by atoms with van der Waals surface area (Å²) in [7, 11) is -3.80. The van der Waals surface area contributed by atoms with Gasteiger partial charge in [0.25, 0.3) is 15.9 Å². The first-order chi connectivity index (χ1) is 20.0. The van der Waals surface area contributed by atoms with Crippen molar-refractivity contribution < 1.29 is 22.7 Å². The molecule has 0 spiro atoms. The predicted molar refractivity (Wildman–Crippen MR) is 156 cm³/mol. The topological polar surface area (TPSA) is 102 Å². The smallest absolute Gasteiger partial charge is 0.264 e. The van der Waals surface area contributed by atoms with Gasteiger partial charge in [0.15, 0.2) is 16.6 Å². The molecule has 5 aromatic rings. The molecule has 0 fully saturated rings. The van der Waals surface area contributed by atoms with Crippen molar-refractivity contribution in [2.75, 3.05) is 22.5 Å². The highest BCUT2D eigenvalue weighted by atomic mass is 32.2. The fourth-order valence-electron chi connectivity index (χ4n) is 5.12. The van der Waals surface area contributed by atoms with Crippen LogP contribution in [0.4, 0.5) is 10.8 Å². The standard InChI is InChI=1S/C30H24N4O5S2/c35-29(22-9-11-23(12-10-22)41(36,37)34-14-4-7-21-6-1-2-8-25(21)34)33(18-20-5-3-13-31-17-20)30-32-24-15-26-27(39-19-38-26)16-28(24)40-30/h1-3,5-6,8-13,15-17H,4,7,14,18-19H2. The molecule has 4 heterocycles. The quantitative estimate of drug-likeness (QED) is 0.263. The number of carbonyl (C=O) groups is 1. The minimum atomic E-state index is -3.80. The Morgan fingerprint density at radius 3 is 2.61 bits per heavy atom. The fourth-order valence-corrected chi connectivity index (χ4v) is 7.64. The van der Waals surface area contributed by atoms with Gasteiger partial charge in [0, 0.05) is 36.6 Å². The number of anilines is 2. The summed E-state index contributed by atoms with van der Waals surface area (Å²) in [4.78, 5) is 24.6. The van der Waals surface area contributed by atoms with E-state index in [2.05, 4.69) is 4.98 Å². The molecule has 0 atom stereocenters. The molecule has 3 aromatic carbocycles. The minimum Gasteiger partial charge on any atom is -0.454 e. The van der Waals surface area contributed by atoms with Crippen molar-refractivity contribution in [2.45, 2.75) is 24.3 Å².